The maximum Gasteiger partial charge on any atom is 0.127 e. The highest BCUT2D eigenvalue weighted by molar-refractivity contribution is 5.45. The Hall–Kier alpha value is -1.06. The molecule has 2 atom stereocenters. The highest BCUT2D eigenvalue weighted by atomic mass is 16.5. The van der Waals surface area contributed by atoms with Crippen LogP contribution in [-0.2, 0) is 13.0 Å². The fourth-order valence-electron chi connectivity index (χ4n) is 3.78. The molecule has 2 unspecified atom stereocenters. The molecule has 0 aliphatic carbocycles. The van der Waals surface area contributed by atoms with Gasteiger partial charge in [0.25, 0.3) is 0 Å². The van der Waals surface area contributed by atoms with Crippen LogP contribution in [0.15, 0.2) is 18.2 Å². The fraction of sp³-hybridized carbons (Fsp3) is 0.667. The molecule has 0 aromatic heterocycles. The van der Waals surface area contributed by atoms with Crippen LogP contribution in [0.3, 0.4) is 0 Å². The summed E-state index contributed by atoms with van der Waals surface area (Å²) in [6, 6.07) is 7.10. The molecule has 3 nitrogen and oxygen atoms in total. The smallest absolute Gasteiger partial charge is 0.127 e. The predicted octanol–water partition coefficient (Wildman–Crippen LogP) is 2.96. The Labute approximate surface area is 128 Å². The van der Waals surface area contributed by atoms with Gasteiger partial charge in [-0.3, -0.25) is 4.90 Å². The van der Waals surface area contributed by atoms with E-state index in [2.05, 4.69) is 43.9 Å². The quantitative estimate of drug-likeness (QED) is 0.929. The van der Waals surface area contributed by atoms with Crippen LogP contribution in [0.2, 0.25) is 0 Å². The Morgan fingerprint density at radius 3 is 2.95 bits per heavy atom. The van der Waals surface area contributed by atoms with E-state index in [9.17, 15) is 0 Å². The Morgan fingerprint density at radius 2 is 2.19 bits per heavy atom. The molecule has 2 aliphatic rings. The van der Waals surface area contributed by atoms with Crippen molar-refractivity contribution in [1.29, 1.82) is 0 Å². The van der Waals surface area contributed by atoms with Crippen molar-refractivity contribution in [1.82, 2.24) is 4.90 Å². The number of nitrogens with two attached hydrogens (primary N) is 1. The highest BCUT2D eigenvalue weighted by Crippen LogP contribution is 2.38. The maximum absolute atomic E-state index is 6.20. The van der Waals surface area contributed by atoms with Gasteiger partial charge in [0.05, 0.1) is 0 Å². The van der Waals surface area contributed by atoms with E-state index in [1.165, 1.54) is 24.0 Å². The third-order valence-corrected chi connectivity index (χ3v) is 4.92. The number of likely N-dealkylation sites (tertiary alicyclic amines) is 1. The minimum atomic E-state index is -0.0673. The van der Waals surface area contributed by atoms with Crippen molar-refractivity contribution in [2.75, 3.05) is 13.1 Å². The summed E-state index contributed by atoms with van der Waals surface area (Å²) in [6.45, 7) is 9.55. The average molecular weight is 288 g/mol. The lowest BCUT2D eigenvalue weighted by Crippen LogP contribution is -2.45. The summed E-state index contributed by atoms with van der Waals surface area (Å²) in [5.74, 6) is 1.92. The molecular weight excluding hydrogens is 260 g/mol. The molecule has 2 aliphatic heterocycles. The van der Waals surface area contributed by atoms with Gasteiger partial charge in [0, 0.05) is 31.1 Å². The van der Waals surface area contributed by atoms with Crippen LogP contribution in [-0.4, -0.2) is 29.6 Å². The first-order valence-electron chi connectivity index (χ1n) is 8.22. The molecule has 0 radical (unpaired) electrons. The van der Waals surface area contributed by atoms with Crippen LogP contribution >= 0.6 is 0 Å². The average Bonchev–Trinajstić information content (AvgIpc) is 2.75. The molecule has 0 bridgehead atoms. The third kappa shape index (κ3) is 3.09. The van der Waals surface area contributed by atoms with Crippen molar-refractivity contribution in [2.45, 2.75) is 58.2 Å². The fourth-order valence-corrected chi connectivity index (χ4v) is 3.78. The molecule has 1 aromatic rings. The number of fused-ring (bicyclic) bond motifs is 1. The summed E-state index contributed by atoms with van der Waals surface area (Å²) >= 11 is 0. The summed E-state index contributed by atoms with van der Waals surface area (Å²) in [6.07, 6.45) is 3.50. The van der Waals surface area contributed by atoms with Crippen molar-refractivity contribution in [3.8, 4) is 5.75 Å². The standard InChI is InChI=1S/C18H28N2O/c1-13-7-8-20(16(9-13)11-19)12-15-6-4-5-14-10-18(2,3)21-17(14)15/h4-6,13,16H,7-12,19H2,1-3H3. The first-order valence-corrected chi connectivity index (χ1v) is 8.22. The lowest BCUT2D eigenvalue weighted by atomic mass is 9.92. The second kappa shape index (κ2) is 5.62. The summed E-state index contributed by atoms with van der Waals surface area (Å²) in [5.41, 5.74) is 8.60. The number of piperidine rings is 1. The zero-order valence-electron chi connectivity index (χ0n) is 13.6. The van der Waals surface area contributed by atoms with E-state index < -0.39 is 0 Å². The first-order chi connectivity index (χ1) is 9.98. The Balaban J connectivity index is 1.79. The van der Waals surface area contributed by atoms with E-state index in [1.807, 2.05) is 0 Å². The summed E-state index contributed by atoms with van der Waals surface area (Å²) < 4.78 is 6.20. The Morgan fingerprint density at radius 1 is 1.38 bits per heavy atom. The van der Waals surface area contributed by atoms with Gasteiger partial charge in [-0.05, 0) is 44.7 Å². The van der Waals surface area contributed by atoms with Crippen molar-refractivity contribution in [2.24, 2.45) is 11.7 Å². The Bertz CT molecular complexity index is 512. The minimum Gasteiger partial charge on any atom is -0.487 e. The number of ether oxygens (including phenoxy) is 1. The van der Waals surface area contributed by atoms with Gasteiger partial charge in [-0.25, -0.2) is 0 Å². The van der Waals surface area contributed by atoms with E-state index in [4.69, 9.17) is 10.5 Å². The minimum absolute atomic E-state index is 0.0673. The number of hydrogen-bond donors (Lipinski definition) is 1. The van der Waals surface area contributed by atoms with Crippen LogP contribution in [0, 0.1) is 5.92 Å². The van der Waals surface area contributed by atoms with Crippen molar-refractivity contribution >= 4 is 0 Å². The summed E-state index contributed by atoms with van der Waals surface area (Å²) in [7, 11) is 0. The molecule has 3 heteroatoms. The van der Waals surface area contributed by atoms with Crippen LogP contribution in [0.5, 0.6) is 5.75 Å². The van der Waals surface area contributed by atoms with Crippen LogP contribution in [0.4, 0.5) is 0 Å². The van der Waals surface area contributed by atoms with Gasteiger partial charge in [-0.15, -0.1) is 0 Å². The second-order valence-electron chi connectivity index (χ2n) is 7.43. The third-order valence-electron chi connectivity index (χ3n) is 4.92. The lowest BCUT2D eigenvalue weighted by molar-refractivity contribution is 0.108. The predicted molar refractivity (Wildman–Crippen MR) is 86.5 cm³/mol. The van der Waals surface area contributed by atoms with Crippen molar-refractivity contribution in [3.63, 3.8) is 0 Å². The molecule has 2 heterocycles. The first kappa shape index (κ1) is 14.9. The molecule has 1 saturated heterocycles. The molecule has 3 rings (SSSR count). The number of hydrogen-bond acceptors (Lipinski definition) is 3. The number of nitrogens with zero attached hydrogens (tertiary/aromatic N) is 1. The molecule has 116 valence electrons. The van der Waals surface area contributed by atoms with E-state index in [1.54, 1.807) is 0 Å². The molecule has 0 spiro atoms. The zero-order chi connectivity index (χ0) is 15.0. The van der Waals surface area contributed by atoms with Gasteiger partial charge < -0.3 is 10.5 Å². The number of para-hydroxylation sites is 1. The zero-order valence-corrected chi connectivity index (χ0v) is 13.6. The van der Waals surface area contributed by atoms with Crippen molar-refractivity contribution < 1.29 is 4.74 Å². The van der Waals surface area contributed by atoms with Gasteiger partial charge in [0.15, 0.2) is 0 Å². The molecular formula is C18H28N2O. The Kier molecular flexibility index (Phi) is 3.98. The largest absolute Gasteiger partial charge is 0.487 e. The van der Waals surface area contributed by atoms with Gasteiger partial charge in [-0.1, -0.05) is 25.1 Å². The molecule has 21 heavy (non-hydrogen) atoms. The van der Waals surface area contributed by atoms with E-state index in [0.717, 1.165) is 37.7 Å². The van der Waals surface area contributed by atoms with Gasteiger partial charge in [-0.2, -0.15) is 0 Å². The lowest BCUT2D eigenvalue weighted by Gasteiger charge is -2.38. The molecule has 0 amide bonds. The van der Waals surface area contributed by atoms with Gasteiger partial charge in [0.2, 0.25) is 0 Å². The molecule has 2 N–H and O–H groups in total. The summed E-state index contributed by atoms with van der Waals surface area (Å²) in [5, 5.41) is 0. The van der Waals surface area contributed by atoms with E-state index >= 15 is 0 Å². The van der Waals surface area contributed by atoms with Gasteiger partial charge in [0.1, 0.15) is 11.4 Å². The maximum atomic E-state index is 6.20. The topological polar surface area (TPSA) is 38.5 Å². The number of benzene rings is 1. The van der Waals surface area contributed by atoms with E-state index in [-0.39, 0.29) is 5.60 Å². The monoisotopic (exact) mass is 288 g/mol. The SMILES string of the molecule is CC1CCN(Cc2cccc3c2OC(C)(C)C3)C(CN)C1. The van der Waals surface area contributed by atoms with Crippen LogP contribution < -0.4 is 10.5 Å². The van der Waals surface area contributed by atoms with E-state index in [0.29, 0.717) is 6.04 Å². The molecule has 1 aromatic carbocycles. The number of rotatable bonds is 3. The normalized spacial score (nSPS) is 28.2. The van der Waals surface area contributed by atoms with Crippen LogP contribution in [0.1, 0.15) is 44.7 Å². The van der Waals surface area contributed by atoms with Crippen LogP contribution in [0.25, 0.3) is 0 Å². The van der Waals surface area contributed by atoms with Crippen molar-refractivity contribution in [3.05, 3.63) is 29.3 Å². The summed E-state index contributed by atoms with van der Waals surface area (Å²) in [4.78, 5) is 2.55. The highest BCUT2D eigenvalue weighted by Gasteiger charge is 2.33. The molecule has 1 fully saturated rings. The molecule has 0 saturated carbocycles. The van der Waals surface area contributed by atoms with Gasteiger partial charge >= 0.3 is 0 Å². The second-order valence-corrected chi connectivity index (χ2v) is 7.43.